The zero-order valence-corrected chi connectivity index (χ0v) is 13.1. The molecule has 6 heteroatoms. The van der Waals surface area contributed by atoms with E-state index in [4.69, 9.17) is 4.74 Å². The van der Waals surface area contributed by atoms with Crippen molar-refractivity contribution in [1.82, 2.24) is 15.0 Å². The first-order chi connectivity index (χ1) is 11.4. The average Bonchev–Trinajstić information content (AvgIpc) is 3.18. The summed E-state index contributed by atoms with van der Waals surface area (Å²) < 4.78 is 5.47. The van der Waals surface area contributed by atoms with E-state index >= 15 is 0 Å². The third-order valence-electron chi connectivity index (χ3n) is 4.64. The standard InChI is InChI=1S/C17H21N5O/c1-2-15(11-18-4-1)21-5-7-22(8-6-21)17-10-16(19-13-20-17)14-3-9-23-12-14/h1-2,4,10-11,13-14H,3,5-9,12H2/t14-/m0/s1. The summed E-state index contributed by atoms with van der Waals surface area (Å²) in [5.74, 6) is 1.46. The molecule has 0 aliphatic carbocycles. The first-order valence-electron chi connectivity index (χ1n) is 8.20. The van der Waals surface area contributed by atoms with E-state index in [9.17, 15) is 0 Å². The Labute approximate surface area is 136 Å². The van der Waals surface area contributed by atoms with Crippen LogP contribution in [0.4, 0.5) is 11.5 Å². The molecule has 2 aromatic heterocycles. The van der Waals surface area contributed by atoms with Crippen molar-refractivity contribution in [1.29, 1.82) is 0 Å². The Bertz CT molecular complexity index is 636. The summed E-state index contributed by atoms with van der Waals surface area (Å²) >= 11 is 0. The molecule has 0 saturated carbocycles. The Morgan fingerprint density at radius 1 is 1.09 bits per heavy atom. The quantitative estimate of drug-likeness (QED) is 0.860. The van der Waals surface area contributed by atoms with Gasteiger partial charge in [0.05, 0.1) is 24.2 Å². The molecule has 4 heterocycles. The molecule has 0 unspecified atom stereocenters. The molecule has 0 spiro atoms. The van der Waals surface area contributed by atoms with E-state index < -0.39 is 0 Å². The number of hydrogen-bond acceptors (Lipinski definition) is 6. The first kappa shape index (κ1) is 14.4. The highest BCUT2D eigenvalue weighted by atomic mass is 16.5. The van der Waals surface area contributed by atoms with Gasteiger partial charge in [-0.05, 0) is 18.6 Å². The van der Waals surface area contributed by atoms with Crippen LogP contribution in [0.15, 0.2) is 36.9 Å². The minimum absolute atomic E-state index is 0.424. The topological polar surface area (TPSA) is 54.4 Å². The van der Waals surface area contributed by atoms with Crippen molar-refractivity contribution in [2.75, 3.05) is 49.2 Å². The van der Waals surface area contributed by atoms with E-state index in [1.165, 1.54) is 5.69 Å². The highest BCUT2D eigenvalue weighted by molar-refractivity contribution is 5.48. The SMILES string of the molecule is c1cncc(N2CCN(c3cc([C@H]4CCOC4)ncn3)CC2)c1. The van der Waals surface area contributed by atoms with Crippen molar-refractivity contribution in [2.24, 2.45) is 0 Å². The Morgan fingerprint density at radius 3 is 2.70 bits per heavy atom. The van der Waals surface area contributed by atoms with Gasteiger partial charge in [0.25, 0.3) is 0 Å². The average molecular weight is 311 g/mol. The molecule has 1 atom stereocenters. The van der Waals surface area contributed by atoms with Crippen molar-refractivity contribution in [2.45, 2.75) is 12.3 Å². The van der Waals surface area contributed by atoms with Gasteiger partial charge >= 0.3 is 0 Å². The Hall–Kier alpha value is -2.21. The van der Waals surface area contributed by atoms with E-state index in [0.29, 0.717) is 5.92 Å². The van der Waals surface area contributed by atoms with Gasteiger partial charge in [0.1, 0.15) is 12.1 Å². The molecule has 0 radical (unpaired) electrons. The lowest BCUT2D eigenvalue weighted by Gasteiger charge is -2.36. The fourth-order valence-electron chi connectivity index (χ4n) is 3.26. The second-order valence-electron chi connectivity index (χ2n) is 6.05. The number of hydrogen-bond donors (Lipinski definition) is 0. The minimum atomic E-state index is 0.424. The second-order valence-corrected chi connectivity index (χ2v) is 6.05. The van der Waals surface area contributed by atoms with Gasteiger partial charge in [-0.2, -0.15) is 0 Å². The number of nitrogens with zero attached hydrogens (tertiary/aromatic N) is 5. The van der Waals surface area contributed by atoms with Gasteiger partial charge < -0.3 is 14.5 Å². The number of piperazine rings is 1. The largest absolute Gasteiger partial charge is 0.381 e. The normalized spacial score (nSPS) is 21.7. The lowest BCUT2D eigenvalue weighted by Crippen LogP contribution is -2.46. The van der Waals surface area contributed by atoms with Crippen molar-refractivity contribution < 1.29 is 4.74 Å². The summed E-state index contributed by atoms with van der Waals surface area (Å²) in [6.45, 7) is 5.52. The van der Waals surface area contributed by atoms with Crippen LogP contribution in [0.3, 0.4) is 0 Å². The molecule has 0 N–H and O–H groups in total. The van der Waals surface area contributed by atoms with Crippen molar-refractivity contribution in [3.8, 4) is 0 Å². The smallest absolute Gasteiger partial charge is 0.132 e. The maximum Gasteiger partial charge on any atom is 0.132 e. The van der Waals surface area contributed by atoms with Crippen molar-refractivity contribution in [3.63, 3.8) is 0 Å². The van der Waals surface area contributed by atoms with Crippen LogP contribution < -0.4 is 9.80 Å². The Kier molecular flexibility index (Phi) is 4.06. The number of ether oxygens (including phenoxy) is 1. The van der Waals surface area contributed by atoms with Crippen LogP contribution in [0.25, 0.3) is 0 Å². The molecule has 2 fully saturated rings. The van der Waals surface area contributed by atoms with Gasteiger partial charge in [-0.15, -0.1) is 0 Å². The summed E-state index contributed by atoms with van der Waals surface area (Å²) in [6, 6.07) is 6.24. The molecule has 2 saturated heterocycles. The molecule has 120 valence electrons. The van der Waals surface area contributed by atoms with Gasteiger partial charge in [-0.1, -0.05) is 0 Å². The molecular formula is C17H21N5O. The number of anilines is 2. The lowest BCUT2D eigenvalue weighted by atomic mass is 10.0. The van der Waals surface area contributed by atoms with Crippen molar-refractivity contribution in [3.05, 3.63) is 42.6 Å². The van der Waals surface area contributed by atoms with Crippen LogP contribution in [0.2, 0.25) is 0 Å². The van der Waals surface area contributed by atoms with E-state index in [2.05, 4.69) is 36.9 Å². The number of pyridine rings is 1. The van der Waals surface area contributed by atoms with Crippen LogP contribution in [0.5, 0.6) is 0 Å². The second kappa shape index (κ2) is 6.50. The molecule has 0 bridgehead atoms. The summed E-state index contributed by atoms with van der Waals surface area (Å²) in [4.78, 5) is 17.8. The summed E-state index contributed by atoms with van der Waals surface area (Å²) in [5.41, 5.74) is 2.31. The fourth-order valence-corrected chi connectivity index (χ4v) is 3.26. The predicted molar refractivity (Wildman–Crippen MR) is 88.9 cm³/mol. The van der Waals surface area contributed by atoms with Gasteiger partial charge in [0.15, 0.2) is 0 Å². The highest BCUT2D eigenvalue weighted by Crippen LogP contribution is 2.26. The maximum atomic E-state index is 5.47. The Balaban J connectivity index is 1.43. The monoisotopic (exact) mass is 311 g/mol. The van der Waals surface area contributed by atoms with Crippen LogP contribution >= 0.6 is 0 Å². The first-order valence-corrected chi connectivity index (χ1v) is 8.20. The molecule has 0 amide bonds. The molecule has 2 aromatic rings. The third kappa shape index (κ3) is 3.12. The molecule has 2 aliphatic rings. The maximum absolute atomic E-state index is 5.47. The van der Waals surface area contributed by atoms with E-state index in [-0.39, 0.29) is 0 Å². The van der Waals surface area contributed by atoms with E-state index in [1.54, 1.807) is 6.33 Å². The van der Waals surface area contributed by atoms with Crippen molar-refractivity contribution >= 4 is 11.5 Å². The molecule has 2 aliphatic heterocycles. The van der Waals surface area contributed by atoms with Crippen LogP contribution in [-0.2, 0) is 4.74 Å². The Morgan fingerprint density at radius 2 is 1.96 bits per heavy atom. The van der Waals surface area contributed by atoms with E-state index in [1.807, 2.05) is 18.5 Å². The van der Waals surface area contributed by atoms with Gasteiger partial charge in [0.2, 0.25) is 0 Å². The van der Waals surface area contributed by atoms with Gasteiger partial charge in [-0.25, -0.2) is 9.97 Å². The predicted octanol–water partition coefficient (Wildman–Crippen LogP) is 1.70. The summed E-state index contributed by atoms with van der Waals surface area (Å²) in [6.07, 6.45) is 6.50. The molecule has 6 nitrogen and oxygen atoms in total. The van der Waals surface area contributed by atoms with E-state index in [0.717, 1.165) is 57.3 Å². The fraction of sp³-hybridized carbons (Fsp3) is 0.471. The molecule has 0 aromatic carbocycles. The highest BCUT2D eigenvalue weighted by Gasteiger charge is 2.22. The zero-order valence-electron chi connectivity index (χ0n) is 13.1. The third-order valence-corrected chi connectivity index (χ3v) is 4.64. The van der Waals surface area contributed by atoms with Crippen LogP contribution in [-0.4, -0.2) is 54.3 Å². The summed E-state index contributed by atoms with van der Waals surface area (Å²) in [5, 5.41) is 0. The molecule has 23 heavy (non-hydrogen) atoms. The molecular weight excluding hydrogens is 290 g/mol. The van der Waals surface area contributed by atoms with Gasteiger partial charge in [0, 0.05) is 51.0 Å². The summed E-state index contributed by atoms with van der Waals surface area (Å²) in [7, 11) is 0. The van der Waals surface area contributed by atoms with Crippen LogP contribution in [0, 0.1) is 0 Å². The molecule has 4 rings (SSSR count). The lowest BCUT2D eigenvalue weighted by molar-refractivity contribution is 0.193. The minimum Gasteiger partial charge on any atom is -0.381 e. The number of rotatable bonds is 3. The van der Waals surface area contributed by atoms with Crippen LogP contribution in [0.1, 0.15) is 18.0 Å². The zero-order chi connectivity index (χ0) is 15.5. The number of aromatic nitrogens is 3. The van der Waals surface area contributed by atoms with Gasteiger partial charge in [-0.3, -0.25) is 4.98 Å².